The molecule has 0 aliphatic carbocycles. The lowest BCUT2D eigenvalue weighted by Gasteiger charge is -2.05. The lowest BCUT2D eigenvalue weighted by molar-refractivity contribution is 0.102. The van der Waals surface area contributed by atoms with Crippen LogP contribution in [0.25, 0.3) is 0 Å². The van der Waals surface area contributed by atoms with Gasteiger partial charge >= 0.3 is 0 Å². The summed E-state index contributed by atoms with van der Waals surface area (Å²) < 4.78 is 12.7. The highest BCUT2D eigenvalue weighted by Gasteiger charge is 2.05. The Morgan fingerprint density at radius 1 is 1.05 bits per heavy atom. The summed E-state index contributed by atoms with van der Waals surface area (Å²) in [6.07, 6.45) is 0. The molecule has 0 unspecified atom stereocenters. The Balaban J connectivity index is 0.00000180. The molecular weight excluding hydrogens is 267 g/mol. The van der Waals surface area contributed by atoms with E-state index in [2.05, 4.69) is 5.32 Å². The summed E-state index contributed by atoms with van der Waals surface area (Å²) in [6.45, 7) is 0.444. The first-order valence-electron chi connectivity index (χ1n) is 5.55. The van der Waals surface area contributed by atoms with Gasteiger partial charge in [0.2, 0.25) is 0 Å². The van der Waals surface area contributed by atoms with Gasteiger partial charge in [0.15, 0.2) is 0 Å². The number of benzene rings is 2. The summed E-state index contributed by atoms with van der Waals surface area (Å²) in [4.78, 5) is 11.9. The van der Waals surface area contributed by atoms with Gasteiger partial charge in [0.05, 0.1) is 0 Å². The molecule has 3 N–H and O–H groups in total. The standard InChI is InChI=1S/C14H13FN2O.ClH/c15-12-5-7-13(8-6-12)17-14(18)11-3-1-10(9-16)2-4-11;/h1-8H,9,16H2,(H,17,18);1H. The molecule has 0 bridgehead atoms. The van der Waals surface area contributed by atoms with Gasteiger partial charge < -0.3 is 11.1 Å². The van der Waals surface area contributed by atoms with Crippen molar-refractivity contribution in [3.8, 4) is 0 Å². The summed E-state index contributed by atoms with van der Waals surface area (Å²) >= 11 is 0. The minimum Gasteiger partial charge on any atom is -0.326 e. The monoisotopic (exact) mass is 280 g/mol. The Kier molecular flexibility index (Phi) is 5.48. The largest absolute Gasteiger partial charge is 0.326 e. The molecule has 0 aliphatic heterocycles. The number of anilines is 1. The number of carbonyl (C=O) groups is 1. The van der Waals surface area contributed by atoms with Crippen LogP contribution in [0.4, 0.5) is 10.1 Å². The van der Waals surface area contributed by atoms with Crippen molar-refractivity contribution in [2.45, 2.75) is 6.54 Å². The molecule has 19 heavy (non-hydrogen) atoms. The number of carbonyl (C=O) groups excluding carboxylic acids is 1. The number of hydrogen-bond acceptors (Lipinski definition) is 2. The molecule has 0 heterocycles. The lowest BCUT2D eigenvalue weighted by Crippen LogP contribution is -2.12. The van der Waals surface area contributed by atoms with Crippen molar-refractivity contribution in [1.29, 1.82) is 0 Å². The van der Waals surface area contributed by atoms with E-state index < -0.39 is 0 Å². The maximum atomic E-state index is 12.7. The van der Waals surface area contributed by atoms with Crippen molar-refractivity contribution in [1.82, 2.24) is 0 Å². The average Bonchev–Trinajstić information content (AvgIpc) is 2.41. The number of nitrogens with two attached hydrogens (primary N) is 1. The molecule has 0 atom stereocenters. The van der Waals surface area contributed by atoms with E-state index in [1.165, 1.54) is 24.3 Å². The average molecular weight is 281 g/mol. The van der Waals surface area contributed by atoms with Gasteiger partial charge in [-0.15, -0.1) is 12.4 Å². The zero-order valence-electron chi connectivity index (χ0n) is 10.1. The minimum atomic E-state index is -0.333. The number of rotatable bonds is 3. The first-order chi connectivity index (χ1) is 8.69. The van der Waals surface area contributed by atoms with Crippen LogP contribution in [0.5, 0.6) is 0 Å². The van der Waals surface area contributed by atoms with Gasteiger partial charge in [-0.05, 0) is 42.0 Å². The predicted molar refractivity (Wildman–Crippen MR) is 75.9 cm³/mol. The van der Waals surface area contributed by atoms with Crippen molar-refractivity contribution in [2.75, 3.05) is 5.32 Å². The summed E-state index contributed by atoms with van der Waals surface area (Å²) in [5.41, 5.74) is 7.54. The van der Waals surface area contributed by atoms with E-state index in [0.29, 0.717) is 17.8 Å². The van der Waals surface area contributed by atoms with Crippen LogP contribution >= 0.6 is 12.4 Å². The quantitative estimate of drug-likeness (QED) is 0.908. The second-order valence-electron chi connectivity index (χ2n) is 3.86. The van der Waals surface area contributed by atoms with Crippen molar-refractivity contribution in [2.24, 2.45) is 5.73 Å². The Labute approximate surface area is 117 Å². The van der Waals surface area contributed by atoms with Gasteiger partial charge in [0, 0.05) is 17.8 Å². The third-order valence-corrected chi connectivity index (χ3v) is 2.55. The van der Waals surface area contributed by atoms with Gasteiger partial charge in [-0.2, -0.15) is 0 Å². The normalized spacial score (nSPS) is 9.58. The fourth-order valence-electron chi connectivity index (χ4n) is 1.53. The minimum absolute atomic E-state index is 0. The number of amides is 1. The molecule has 5 heteroatoms. The van der Waals surface area contributed by atoms with Crippen LogP contribution in [0.3, 0.4) is 0 Å². The van der Waals surface area contributed by atoms with E-state index in [9.17, 15) is 9.18 Å². The maximum absolute atomic E-state index is 12.7. The molecule has 100 valence electrons. The third kappa shape index (κ3) is 4.05. The van der Waals surface area contributed by atoms with Crippen molar-refractivity contribution < 1.29 is 9.18 Å². The van der Waals surface area contributed by atoms with Gasteiger partial charge in [-0.25, -0.2) is 4.39 Å². The first-order valence-corrected chi connectivity index (χ1v) is 5.55. The van der Waals surface area contributed by atoms with E-state index in [1.54, 1.807) is 24.3 Å². The summed E-state index contributed by atoms with van der Waals surface area (Å²) in [5.74, 6) is -0.564. The van der Waals surface area contributed by atoms with Crippen LogP contribution in [-0.2, 0) is 6.54 Å². The fourth-order valence-corrected chi connectivity index (χ4v) is 1.53. The highest BCUT2D eigenvalue weighted by Crippen LogP contribution is 2.11. The van der Waals surface area contributed by atoms with Crippen molar-refractivity contribution in [3.05, 3.63) is 65.5 Å². The van der Waals surface area contributed by atoms with E-state index in [0.717, 1.165) is 5.56 Å². The lowest BCUT2D eigenvalue weighted by atomic mass is 10.1. The molecule has 0 saturated heterocycles. The molecule has 0 spiro atoms. The van der Waals surface area contributed by atoms with Crippen molar-refractivity contribution in [3.63, 3.8) is 0 Å². The van der Waals surface area contributed by atoms with Crippen LogP contribution in [0, 0.1) is 5.82 Å². The third-order valence-electron chi connectivity index (χ3n) is 2.55. The van der Waals surface area contributed by atoms with E-state index in [4.69, 9.17) is 5.73 Å². The predicted octanol–water partition coefficient (Wildman–Crippen LogP) is 2.96. The van der Waals surface area contributed by atoms with E-state index in [1.807, 2.05) is 0 Å². The molecule has 0 aliphatic rings. The summed E-state index contributed by atoms with van der Waals surface area (Å²) in [5, 5.41) is 2.69. The van der Waals surface area contributed by atoms with Crippen molar-refractivity contribution >= 4 is 24.0 Å². The molecule has 0 aromatic heterocycles. The molecule has 2 aromatic rings. The zero-order chi connectivity index (χ0) is 13.0. The molecular formula is C14H14ClFN2O. The highest BCUT2D eigenvalue weighted by molar-refractivity contribution is 6.04. The molecule has 0 saturated carbocycles. The highest BCUT2D eigenvalue weighted by atomic mass is 35.5. The van der Waals surface area contributed by atoms with Crippen LogP contribution in [0.1, 0.15) is 15.9 Å². The molecule has 0 radical (unpaired) electrons. The summed E-state index contributed by atoms with van der Waals surface area (Å²) in [7, 11) is 0. The topological polar surface area (TPSA) is 55.1 Å². The van der Waals surface area contributed by atoms with Gasteiger partial charge in [-0.3, -0.25) is 4.79 Å². The van der Waals surface area contributed by atoms with Crippen LogP contribution < -0.4 is 11.1 Å². The molecule has 1 amide bonds. The second kappa shape index (κ2) is 6.87. The zero-order valence-corrected chi connectivity index (χ0v) is 10.9. The number of halogens is 2. The first kappa shape index (κ1) is 15.1. The Morgan fingerprint density at radius 2 is 1.63 bits per heavy atom. The van der Waals surface area contributed by atoms with E-state index >= 15 is 0 Å². The Hall–Kier alpha value is -1.91. The maximum Gasteiger partial charge on any atom is 0.255 e. The molecule has 0 fully saturated rings. The van der Waals surface area contributed by atoms with Gasteiger partial charge in [-0.1, -0.05) is 12.1 Å². The van der Waals surface area contributed by atoms with Crippen LogP contribution in [-0.4, -0.2) is 5.91 Å². The second-order valence-corrected chi connectivity index (χ2v) is 3.86. The Bertz CT molecular complexity index is 540. The molecule has 2 aromatic carbocycles. The van der Waals surface area contributed by atoms with Crippen LogP contribution in [0.2, 0.25) is 0 Å². The van der Waals surface area contributed by atoms with Crippen LogP contribution in [0.15, 0.2) is 48.5 Å². The smallest absolute Gasteiger partial charge is 0.255 e. The number of hydrogen-bond donors (Lipinski definition) is 2. The summed E-state index contributed by atoms with van der Waals surface area (Å²) in [6, 6.07) is 12.7. The van der Waals surface area contributed by atoms with Gasteiger partial charge in [0.25, 0.3) is 5.91 Å². The molecule has 3 nitrogen and oxygen atoms in total. The number of nitrogens with one attached hydrogen (secondary N) is 1. The fraction of sp³-hybridized carbons (Fsp3) is 0.0714. The molecule has 2 rings (SSSR count). The SMILES string of the molecule is Cl.NCc1ccc(C(=O)Nc2ccc(F)cc2)cc1. The van der Waals surface area contributed by atoms with Gasteiger partial charge in [0.1, 0.15) is 5.82 Å². The van der Waals surface area contributed by atoms with E-state index in [-0.39, 0.29) is 24.1 Å². The Morgan fingerprint density at radius 3 is 2.16 bits per heavy atom.